The third-order valence-corrected chi connectivity index (χ3v) is 5.76. The molecule has 7 nitrogen and oxygen atoms in total. The van der Waals surface area contributed by atoms with E-state index in [4.69, 9.17) is 10.5 Å². The second-order valence-corrected chi connectivity index (χ2v) is 7.74. The Morgan fingerprint density at radius 1 is 1.25 bits per heavy atom. The molecule has 0 bridgehead atoms. The van der Waals surface area contributed by atoms with Gasteiger partial charge in [0.05, 0.1) is 10.3 Å². The van der Waals surface area contributed by atoms with Gasteiger partial charge in [0.1, 0.15) is 0 Å². The predicted octanol–water partition coefficient (Wildman–Crippen LogP) is 1.07. The summed E-state index contributed by atoms with van der Waals surface area (Å²) in [5.41, 5.74) is 5.75. The average Bonchev–Trinajstić information content (AvgIpc) is 2.61. The van der Waals surface area contributed by atoms with E-state index in [1.165, 1.54) is 12.1 Å². The van der Waals surface area contributed by atoms with Crippen LogP contribution in [0.25, 0.3) is 0 Å². The summed E-state index contributed by atoms with van der Waals surface area (Å²) in [4.78, 5) is 12.7. The van der Waals surface area contributed by atoms with Crippen molar-refractivity contribution < 1.29 is 17.9 Å². The molecule has 1 saturated heterocycles. The van der Waals surface area contributed by atoms with Crippen molar-refractivity contribution in [1.29, 1.82) is 0 Å². The molecule has 1 aromatic rings. The Labute approximate surface area is 143 Å². The van der Waals surface area contributed by atoms with Crippen LogP contribution in [0, 0.1) is 5.41 Å². The first-order valence-corrected chi connectivity index (χ1v) is 9.61. The number of ether oxygens (including phenoxy) is 1. The molecule has 0 saturated carbocycles. The number of nitrogens with two attached hydrogens (primary N) is 1. The number of amides is 1. The van der Waals surface area contributed by atoms with E-state index in [1.807, 2.05) is 6.92 Å². The molecule has 0 spiro atoms. The van der Waals surface area contributed by atoms with Gasteiger partial charge in [0.25, 0.3) is 0 Å². The molecule has 1 heterocycles. The van der Waals surface area contributed by atoms with E-state index in [2.05, 4.69) is 10.0 Å². The van der Waals surface area contributed by atoms with Gasteiger partial charge in [-0.15, -0.1) is 0 Å². The normalized spacial score (nSPS) is 17.4. The van der Waals surface area contributed by atoms with Crippen LogP contribution in [0.3, 0.4) is 0 Å². The Morgan fingerprint density at radius 3 is 2.42 bits per heavy atom. The van der Waals surface area contributed by atoms with Crippen molar-refractivity contribution in [1.82, 2.24) is 4.72 Å². The highest BCUT2D eigenvalue weighted by molar-refractivity contribution is 7.89. The second-order valence-electron chi connectivity index (χ2n) is 5.97. The number of benzene rings is 1. The lowest BCUT2D eigenvalue weighted by atomic mass is 9.79. The first kappa shape index (κ1) is 18.9. The van der Waals surface area contributed by atoms with Gasteiger partial charge in [0.15, 0.2) is 0 Å². The predicted molar refractivity (Wildman–Crippen MR) is 92.1 cm³/mol. The maximum Gasteiger partial charge on any atom is 0.240 e. The van der Waals surface area contributed by atoms with E-state index in [-0.39, 0.29) is 17.3 Å². The molecule has 1 amide bonds. The van der Waals surface area contributed by atoms with Crippen molar-refractivity contribution in [3.05, 3.63) is 24.3 Å². The number of sulfonamides is 1. The minimum atomic E-state index is -3.50. The first-order chi connectivity index (χ1) is 11.4. The Balaban J connectivity index is 2.07. The molecule has 0 aromatic heterocycles. The van der Waals surface area contributed by atoms with Crippen LogP contribution in [0.1, 0.15) is 26.2 Å². The fraction of sp³-hybridized carbons (Fsp3) is 0.562. The molecule has 0 radical (unpaired) electrons. The molecule has 0 atom stereocenters. The number of carbonyl (C=O) groups excluding carboxylic acids is 1. The maximum absolute atomic E-state index is 12.6. The van der Waals surface area contributed by atoms with Crippen molar-refractivity contribution in [2.75, 3.05) is 31.6 Å². The third-order valence-electron chi connectivity index (χ3n) is 4.29. The standard InChI is InChI=1S/C16H25N3O4S/c1-2-9-18-24(21,22)14-5-3-13(4-6-14)19-15(20)16(12-17)7-10-23-11-8-16/h3-6,18H,2,7-12,17H2,1H3,(H,19,20). The minimum absolute atomic E-state index is 0.145. The number of nitrogens with one attached hydrogen (secondary N) is 2. The second kappa shape index (κ2) is 8.06. The van der Waals surface area contributed by atoms with E-state index in [1.54, 1.807) is 12.1 Å². The van der Waals surface area contributed by atoms with E-state index in [9.17, 15) is 13.2 Å². The van der Waals surface area contributed by atoms with Crippen molar-refractivity contribution >= 4 is 21.6 Å². The Hall–Kier alpha value is -1.48. The molecule has 4 N–H and O–H groups in total. The lowest BCUT2D eigenvalue weighted by Gasteiger charge is -2.34. The van der Waals surface area contributed by atoms with Gasteiger partial charge < -0.3 is 15.8 Å². The largest absolute Gasteiger partial charge is 0.381 e. The summed E-state index contributed by atoms with van der Waals surface area (Å²) in [7, 11) is -3.50. The fourth-order valence-corrected chi connectivity index (χ4v) is 3.72. The van der Waals surface area contributed by atoms with Crippen molar-refractivity contribution in [2.24, 2.45) is 11.1 Å². The monoisotopic (exact) mass is 355 g/mol. The fourth-order valence-electron chi connectivity index (χ4n) is 2.59. The van der Waals surface area contributed by atoms with Crippen LogP contribution >= 0.6 is 0 Å². The molecular weight excluding hydrogens is 330 g/mol. The zero-order valence-corrected chi connectivity index (χ0v) is 14.7. The first-order valence-electron chi connectivity index (χ1n) is 8.12. The van der Waals surface area contributed by atoms with Crippen molar-refractivity contribution in [3.63, 3.8) is 0 Å². The summed E-state index contributed by atoms with van der Waals surface area (Å²) in [5, 5.41) is 2.84. The Kier molecular flexibility index (Phi) is 6.34. The summed E-state index contributed by atoms with van der Waals surface area (Å²) >= 11 is 0. The molecule has 1 aliphatic heterocycles. The van der Waals surface area contributed by atoms with Gasteiger partial charge in [-0.3, -0.25) is 4.79 Å². The number of hydrogen-bond acceptors (Lipinski definition) is 5. The number of anilines is 1. The summed E-state index contributed by atoms with van der Waals surface area (Å²) in [6, 6.07) is 6.13. The zero-order chi connectivity index (χ0) is 17.6. The number of rotatable bonds is 7. The Bertz CT molecular complexity index is 652. The number of hydrogen-bond donors (Lipinski definition) is 3. The summed E-state index contributed by atoms with van der Waals surface area (Å²) in [6.45, 7) is 3.58. The number of carbonyl (C=O) groups is 1. The summed E-state index contributed by atoms with van der Waals surface area (Å²) < 4.78 is 31.9. The van der Waals surface area contributed by atoms with Gasteiger partial charge in [-0.1, -0.05) is 6.92 Å². The average molecular weight is 355 g/mol. The molecule has 8 heteroatoms. The minimum Gasteiger partial charge on any atom is -0.381 e. The van der Waals surface area contributed by atoms with Gasteiger partial charge in [-0.2, -0.15) is 0 Å². The third kappa shape index (κ3) is 4.32. The lowest BCUT2D eigenvalue weighted by Crippen LogP contribution is -2.46. The molecular formula is C16H25N3O4S. The van der Waals surface area contributed by atoms with Gasteiger partial charge in [-0.25, -0.2) is 13.1 Å². The molecule has 0 unspecified atom stereocenters. The van der Waals surface area contributed by atoms with Crippen LogP contribution in [0.5, 0.6) is 0 Å². The van der Waals surface area contributed by atoms with Crippen LogP contribution < -0.4 is 15.8 Å². The van der Waals surface area contributed by atoms with Crippen LogP contribution in [-0.4, -0.2) is 40.6 Å². The van der Waals surface area contributed by atoms with Crippen molar-refractivity contribution in [2.45, 2.75) is 31.1 Å². The van der Waals surface area contributed by atoms with Gasteiger partial charge >= 0.3 is 0 Å². The van der Waals surface area contributed by atoms with Crippen LogP contribution in [0.4, 0.5) is 5.69 Å². The van der Waals surface area contributed by atoms with E-state index in [0.29, 0.717) is 38.3 Å². The molecule has 134 valence electrons. The molecule has 2 rings (SSSR count). The SMILES string of the molecule is CCCNS(=O)(=O)c1ccc(NC(=O)C2(CN)CCOCC2)cc1. The molecule has 1 aromatic carbocycles. The highest BCUT2D eigenvalue weighted by atomic mass is 32.2. The van der Waals surface area contributed by atoms with Gasteiger partial charge in [-0.05, 0) is 43.5 Å². The summed E-state index contributed by atoms with van der Waals surface area (Å²) in [6.07, 6.45) is 1.89. The quantitative estimate of drug-likeness (QED) is 0.677. The highest BCUT2D eigenvalue weighted by Crippen LogP contribution is 2.31. The smallest absolute Gasteiger partial charge is 0.240 e. The Morgan fingerprint density at radius 2 is 1.88 bits per heavy atom. The lowest BCUT2D eigenvalue weighted by molar-refractivity contribution is -0.130. The summed E-state index contributed by atoms with van der Waals surface area (Å²) in [5.74, 6) is -0.145. The molecule has 1 aliphatic rings. The molecule has 24 heavy (non-hydrogen) atoms. The van der Waals surface area contributed by atoms with E-state index >= 15 is 0 Å². The topological polar surface area (TPSA) is 111 Å². The molecule has 1 fully saturated rings. The van der Waals surface area contributed by atoms with E-state index < -0.39 is 15.4 Å². The molecule has 0 aliphatic carbocycles. The highest BCUT2D eigenvalue weighted by Gasteiger charge is 2.38. The van der Waals surface area contributed by atoms with Crippen LogP contribution in [0.15, 0.2) is 29.2 Å². The van der Waals surface area contributed by atoms with Crippen molar-refractivity contribution in [3.8, 4) is 0 Å². The van der Waals surface area contributed by atoms with Gasteiger partial charge in [0, 0.05) is 32.0 Å². The van der Waals surface area contributed by atoms with Crippen LogP contribution in [0.2, 0.25) is 0 Å². The van der Waals surface area contributed by atoms with E-state index in [0.717, 1.165) is 6.42 Å². The van der Waals surface area contributed by atoms with Crippen LogP contribution in [-0.2, 0) is 19.6 Å². The zero-order valence-electron chi connectivity index (χ0n) is 13.9. The van der Waals surface area contributed by atoms with Gasteiger partial charge in [0.2, 0.25) is 15.9 Å². The maximum atomic E-state index is 12.6.